The van der Waals surface area contributed by atoms with Gasteiger partial charge in [0.2, 0.25) is 11.8 Å². The Bertz CT molecular complexity index is 928. The van der Waals surface area contributed by atoms with E-state index in [9.17, 15) is 14.0 Å². The zero-order valence-corrected chi connectivity index (χ0v) is 19.8. The van der Waals surface area contributed by atoms with Crippen LogP contribution in [0.2, 0.25) is 5.02 Å². The lowest BCUT2D eigenvalue weighted by molar-refractivity contribution is -0.160. The molecule has 0 unspecified atom stereocenters. The maximum absolute atomic E-state index is 13.7. The van der Waals surface area contributed by atoms with E-state index >= 15 is 0 Å². The maximum atomic E-state index is 13.7. The molecule has 0 saturated carbocycles. The number of hydrogen-bond acceptors (Lipinski definition) is 3. The van der Waals surface area contributed by atoms with Crippen LogP contribution in [0.25, 0.3) is 0 Å². The van der Waals surface area contributed by atoms with E-state index in [2.05, 4.69) is 13.5 Å². The Labute approximate surface area is 194 Å². The third-order valence-electron chi connectivity index (χ3n) is 7.50. The van der Waals surface area contributed by atoms with E-state index in [1.807, 2.05) is 23.6 Å². The smallest absolute Gasteiger partial charge is 0.245 e. The van der Waals surface area contributed by atoms with Crippen LogP contribution in [0.5, 0.6) is 0 Å². The fourth-order valence-corrected chi connectivity index (χ4v) is 6.13. The molecule has 2 amide bonds. The Balaban J connectivity index is 1.50. The highest BCUT2D eigenvalue weighted by Gasteiger charge is 2.50. The largest absolute Gasteiger partial charge is 0.375 e. The zero-order valence-electron chi connectivity index (χ0n) is 19.1. The molecule has 3 heterocycles. The minimum Gasteiger partial charge on any atom is -0.375 e. The number of hydrogen-bond donors (Lipinski definition) is 0. The molecule has 1 aromatic carbocycles. The van der Waals surface area contributed by atoms with Crippen molar-refractivity contribution in [2.75, 3.05) is 26.2 Å². The molecule has 4 rings (SSSR count). The van der Waals surface area contributed by atoms with E-state index in [1.54, 1.807) is 6.07 Å². The Morgan fingerprint density at radius 1 is 1.28 bits per heavy atom. The monoisotopic (exact) mass is 462 g/mol. The summed E-state index contributed by atoms with van der Waals surface area (Å²) in [6.07, 6.45) is 3.76. The highest BCUT2D eigenvalue weighted by Crippen LogP contribution is 2.46. The summed E-state index contributed by atoms with van der Waals surface area (Å²) in [6.45, 7) is 12.1. The quantitative estimate of drug-likeness (QED) is 0.625. The number of halogens is 2. The summed E-state index contributed by atoms with van der Waals surface area (Å²) < 4.78 is 19.7. The SMILES string of the molecule is C=CC(=O)N1CC2(CCN(C(=O)[C@@H]3COC(C)(C)C[C@H]3c3ccc(F)cc3Cl)[C@@H](C)C2)C1. The molecule has 3 saturated heterocycles. The van der Waals surface area contributed by atoms with E-state index in [0.717, 1.165) is 31.5 Å². The van der Waals surface area contributed by atoms with Crippen molar-refractivity contribution in [2.45, 2.75) is 57.6 Å². The second-order valence-electron chi connectivity index (χ2n) is 10.4. The van der Waals surface area contributed by atoms with E-state index in [-0.39, 0.29) is 46.5 Å². The van der Waals surface area contributed by atoms with Crippen LogP contribution in [0.4, 0.5) is 4.39 Å². The number of benzene rings is 1. The van der Waals surface area contributed by atoms with Gasteiger partial charge in [-0.1, -0.05) is 24.2 Å². The molecular weight excluding hydrogens is 431 g/mol. The van der Waals surface area contributed by atoms with Gasteiger partial charge in [0.15, 0.2) is 0 Å². The molecule has 3 atom stereocenters. The first-order valence-corrected chi connectivity index (χ1v) is 11.7. The predicted octanol–water partition coefficient (Wildman–Crippen LogP) is 4.40. The molecule has 5 nitrogen and oxygen atoms in total. The second kappa shape index (κ2) is 8.45. The number of piperidine rings is 1. The molecular formula is C25H32ClFN2O3. The Morgan fingerprint density at radius 2 is 2.00 bits per heavy atom. The van der Waals surface area contributed by atoms with Gasteiger partial charge in [0.05, 0.1) is 18.1 Å². The summed E-state index contributed by atoms with van der Waals surface area (Å²) in [6, 6.07) is 4.52. The van der Waals surface area contributed by atoms with Crippen molar-refractivity contribution in [3.63, 3.8) is 0 Å². The van der Waals surface area contributed by atoms with Crippen LogP contribution in [0.15, 0.2) is 30.9 Å². The summed E-state index contributed by atoms with van der Waals surface area (Å²) in [5, 5.41) is 0.359. The highest BCUT2D eigenvalue weighted by molar-refractivity contribution is 6.31. The van der Waals surface area contributed by atoms with Crippen molar-refractivity contribution in [1.29, 1.82) is 0 Å². The van der Waals surface area contributed by atoms with Crippen LogP contribution < -0.4 is 0 Å². The van der Waals surface area contributed by atoms with E-state index in [1.165, 1.54) is 18.2 Å². The molecule has 3 aliphatic heterocycles. The molecule has 32 heavy (non-hydrogen) atoms. The third-order valence-corrected chi connectivity index (χ3v) is 7.82. The summed E-state index contributed by atoms with van der Waals surface area (Å²) in [5.74, 6) is -0.823. The molecule has 0 radical (unpaired) electrons. The Morgan fingerprint density at radius 3 is 2.62 bits per heavy atom. The lowest BCUT2D eigenvalue weighted by atomic mass is 9.69. The van der Waals surface area contributed by atoms with E-state index in [4.69, 9.17) is 16.3 Å². The molecule has 174 valence electrons. The van der Waals surface area contributed by atoms with Crippen molar-refractivity contribution in [2.24, 2.45) is 11.3 Å². The zero-order chi connectivity index (χ0) is 23.3. The van der Waals surface area contributed by atoms with Crippen molar-refractivity contribution in [3.8, 4) is 0 Å². The third kappa shape index (κ3) is 4.32. The summed E-state index contributed by atoms with van der Waals surface area (Å²) in [7, 11) is 0. The normalized spacial score (nSPS) is 28.8. The molecule has 0 aliphatic carbocycles. The summed E-state index contributed by atoms with van der Waals surface area (Å²) >= 11 is 6.41. The van der Waals surface area contributed by atoms with Crippen molar-refractivity contribution < 1.29 is 18.7 Å². The molecule has 0 bridgehead atoms. The average Bonchev–Trinajstić information content (AvgIpc) is 2.70. The lowest BCUT2D eigenvalue weighted by Crippen LogP contribution is -2.64. The van der Waals surface area contributed by atoms with Crippen molar-refractivity contribution in [1.82, 2.24) is 9.80 Å². The summed E-state index contributed by atoms with van der Waals surface area (Å²) in [5.41, 5.74) is 0.519. The van der Waals surface area contributed by atoms with Crippen molar-refractivity contribution >= 4 is 23.4 Å². The topological polar surface area (TPSA) is 49.9 Å². The summed E-state index contributed by atoms with van der Waals surface area (Å²) in [4.78, 5) is 29.4. The molecule has 7 heteroatoms. The van der Waals surface area contributed by atoms with Crippen LogP contribution in [0.3, 0.4) is 0 Å². The highest BCUT2D eigenvalue weighted by atomic mass is 35.5. The first kappa shape index (κ1) is 23.2. The van der Waals surface area contributed by atoms with Crippen LogP contribution in [-0.2, 0) is 14.3 Å². The Kier molecular flexibility index (Phi) is 6.14. The lowest BCUT2D eigenvalue weighted by Gasteiger charge is -2.56. The number of ether oxygens (including phenoxy) is 1. The number of rotatable bonds is 3. The fourth-order valence-electron chi connectivity index (χ4n) is 5.83. The van der Waals surface area contributed by atoms with E-state index in [0.29, 0.717) is 24.6 Å². The van der Waals surface area contributed by atoms with E-state index < -0.39 is 0 Å². The van der Waals surface area contributed by atoms with Gasteiger partial charge in [0.25, 0.3) is 0 Å². The predicted molar refractivity (Wildman–Crippen MR) is 122 cm³/mol. The molecule has 0 N–H and O–H groups in total. The van der Waals surface area contributed by atoms with Gasteiger partial charge in [0, 0.05) is 42.0 Å². The number of amides is 2. The van der Waals surface area contributed by atoms with Gasteiger partial charge < -0.3 is 14.5 Å². The molecule has 1 aromatic rings. The van der Waals surface area contributed by atoms with Gasteiger partial charge in [-0.2, -0.15) is 0 Å². The van der Waals surface area contributed by atoms with Crippen LogP contribution in [0, 0.1) is 17.2 Å². The maximum Gasteiger partial charge on any atom is 0.245 e. The van der Waals surface area contributed by atoms with Gasteiger partial charge >= 0.3 is 0 Å². The van der Waals surface area contributed by atoms with Crippen LogP contribution in [-0.4, -0.2) is 59.5 Å². The van der Waals surface area contributed by atoms with Gasteiger partial charge in [-0.05, 0) is 63.8 Å². The number of likely N-dealkylation sites (tertiary alicyclic amines) is 2. The van der Waals surface area contributed by atoms with Crippen LogP contribution >= 0.6 is 11.6 Å². The second-order valence-corrected chi connectivity index (χ2v) is 10.8. The van der Waals surface area contributed by atoms with Gasteiger partial charge in [-0.25, -0.2) is 4.39 Å². The molecule has 1 spiro atoms. The number of nitrogens with zero attached hydrogens (tertiary/aromatic N) is 2. The standard InChI is InChI=1S/C25H32ClFN2O3/c1-5-22(30)28-14-25(15-28)8-9-29(16(2)11-25)23(31)20-13-32-24(3,4)12-19(20)18-7-6-17(27)10-21(18)26/h5-7,10,16,19-20H,1,8-9,11-15H2,2-4H3/t16-,19-,20+/m0/s1. The minimum absolute atomic E-state index is 0.0252. The Hall–Kier alpha value is -1.92. The first-order chi connectivity index (χ1) is 15.0. The molecule has 0 aromatic heterocycles. The van der Waals surface area contributed by atoms with Gasteiger partial charge in [-0.3, -0.25) is 9.59 Å². The molecule has 3 aliphatic rings. The first-order valence-electron chi connectivity index (χ1n) is 11.3. The molecule has 3 fully saturated rings. The number of carbonyl (C=O) groups excluding carboxylic acids is 2. The average molecular weight is 463 g/mol. The fraction of sp³-hybridized carbons (Fsp3) is 0.600. The van der Waals surface area contributed by atoms with Crippen molar-refractivity contribution in [3.05, 3.63) is 47.3 Å². The van der Waals surface area contributed by atoms with Crippen LogP contribution in [0.1, 0.15) is 51.5 Å². The number of carbonyl (C=O) groups is 2. The minimum atomic E-state index is -0.385. The van der Waals surface area contributed by atoms with Gasteiger partial charge in [0.1, 0.15) is 5.82 Å². The van der Waals surface area contributed by atoms with Gasteiger partial charge in [-0.15, -0.1) is 0 Å².